The fourth-order valence-corrected chi connectivity index (χ4v) is 3.97. The summed E-state index contributed by atoms with van der Waals surface area (Å²) < 4.78 is 19.7. The minimum atomic E-state index is -0.135. The van der Waals surface area contributed by atoms with E-state index in [0.29, 0.717) is 5.92 Å². The molecule has 1 N–H and O–H groups in total. The van der Waals surface area contributed by atoms with Crippen molar-refractivity contribution in [3.63, 3.8) is 0 Å². The van der Waals surface area contributed by atoms with Gasteiger partial charge in [-0.1, -0.05) is 13.0 Å². The highest BCUT2D eigenvalue weighted by Gasteiger charge is 2.44. The zero-order valence-electron chi connectivity index (χ0n) is 13.1. The van der Waals surface area contributed by atoms with Gasteiger partial charge in [-0.2, -0.15) is 0 Å². The second-order valence-electron chi connectivity index (χ2n) is 6.67. The molecule has 1 aliphatic carbocycles. The van der Waals surface area contributed by atoms with Crippen molar-refractivity contribution in [1.82, 2.24) is 5.32 Å². The second-order valence-corrected chi connectivity index (χ2v) is 6.67. The first-order valence-electron chi connectivity index (χ1n) is 8.27. The van der Waals surface area contributed by atoms with E-state index in [1.807, 2.05) is 6.07 Å². The maximum Gasteiger partial charge on any atom is 0.123 e. The molecule has 2 fully saturated rings. The first kappa shape index (κ1) is 15.0. The van der Waals surface area contributed by atoms with Gasteiger partial charge >= 0.3 is 0 Å². The van der Waals surface area contributed by atoms with Crippen LogP contribution in [0.4, 0.5) is 4.39 Å². The Hall–Kier alpha value is -0.930. The predicted octanol–water partition coefficient (Wildman–Crippen LogP) is 4.13. The van der Waals surface area contributed by atoms with Crippen LogP contribution in [0.3, 0.4) is 0 Å². The zero-order valence-corrected chi connectivity index (χ0v) is 13.1. The molecular formula is C18H26FNO. The van der Waals surface area contributed by atoms with Gasteiger partial charge in [0.1, 0.15) is 5.82 Å². The molecule has 2 atom stereocenters. The van der Waals surface area contributed by atoms with Gasteiger partial charge in [0.15, 0.2) is 0 Å². The number of nitrogens with one attached hydrogen (secondary N) is 1. The van der Waals surface area contributed by atoms with Gasteiger partial charge in [0.2, 0.25) is 0 Å². The molecule has 1 aromatic carbocycles. The third-order valence-corrected chi connectivity index (χ3v) is 5.27. The van der Waals surface area contributed by atoms with E-state index in [2.05, 4.69) is 19.2 Å². The van der Waals surface area contributed by atoms with Crippen molar-refractivity contribution in [2.45, 2.75) is 57.6 Å². The van der Waals surface area contributed by atoms with Crippen molar-refractivity contribution in [2.24, 2.45) is 5.92 Å². The molecule has 116 valence electrons. The zero-order chi connectivity index (χ0) is 14.9. The molecule has 0 radical (unpaired) electrons. The van der Waals surface area contributed by atoms with Gasteiger partial charge in [-0.05, 0) is 74.8 Å². The van der Waals surface area contributed by atoms with Gasteiger partial charge in [-0.3, -0.25) is 0 Å². The largest absolute Gasteiger partial charge is 0.375 e. The van der Waals surface area contributed by atoms with Crippen molar-refractivity contribution in [3.05, 3.63) is 35.1 Å². The maximum atomic E-state index is 13.7. The Morgan fingerprint density at radius 2 is 2.24 bits per heavy atom. The first-order chi connectivity index (χ1) is 10.1. The summed E-state index contributed by atoms with van der Waals surface area (Å²) in [4.78, 5) is 0. The van der Waals surface area contributed by atoms with E-state index in [4.69, 9.17) is 4.74 Å². The Kier molecular flexibility index (Phi) is 4.32. The Morgan fingerprint density at radius 1 is 1.43 bits per heavy atom. The summed E-state index contributed by atoms with van der Waals surface area (Å²) in [5, 5.41) is 3.60. The van der Waals surface area contributed by atoms with Crippen LogP contribution in [0, 0.1) is 18.7 Å². The first-order valence-corrected chi connectivity index (χ1v) is 8.27. The molecule has 3 heteroatoms. The van der Waals surface area contributed by atoms with Crippen molar-refractivity contribution >= 4 is 0 Å². The van der Waals surface area contributed by atoms with Crippen LogP contribution >= 0.6 is 0 Å². The summed E-state index contributed by atoms with van der Waals surface area (Å²) in [6.45, 7) is 5.96. The fraction of sp³-hybridized carbons (Fsp3) is 0.667. The summed E-state index contributed by atoms with van der Waals surface area (Å²) in [6.07, 6.45) is 5.86. The van der Waals surface area contributed by atoms with Crippen molar-refractivity contribution in [2.75, 3.05) is 13.2 Å². The molecule has 1 spiro atoms. The minimum Gasteiger partial charge on any atom is -0.375 e. The molecule has 1 heterocycles. The van der Waals surface area contributed by atoms with Crippen molar-refractivity contribution in [3.8, 4) is 0 Å². The lowest BCUT2D eigenvalue weighted by Gasteiger charge is -2.49. The lowest BCUT2D eigenvalue weighted by molar-refractivity contribution is -0.147. The van der Waals surface area contributed by atoms with Crippen LogP contribution in [-0.4, -0.2) is 18.8 Å². The van der Waals surface area contributed by atoms with Gasteiger partial charge in [0.25, 0.3) is 0 Å². The lowest BCUT2D eigenvalue weighted by Crippen LogP contribution is -2.48. The summed E-state index contributed by atoms with van der Waals surface area (Å²) >= 11 is 0. The molecule has 0 amide bonds. The molecule has 1 saturated carbocycles. The van der Waals surface area contributed by atoms with Gasteiger partial charge in [-0.15, -0.1) is 0 Å². The number of rotatable bonds is 4. The van der Waals surface area contributed by atoms with Crippen LogP contribution in [-0.2, 0) is 4.74 Å². The molecule has 1 saturated heterocycles. The molecule has 1 aliphatic heterocycles. The monoisotopic (exact) mass is 291 g/mol. The van der Waals surface area contributed by atoms with E-state index < -0.39 is 0 Å². The van der Waals surface area contributed by atoms with E-state index in [0.717, 1.165) is 31.6 Å². The molecule has 1 aromatic rings. The van der Waals surface area contributed by atoms with Crippen LogP contribution in [0.25, 0.3) is 0 Å². The SMILES string of the molecule is CCNC(c1cc(F)ccc1C)C1CCOC2(CCC2)C1. The van der Waals surface area contributed by atoms with E-state index >= 15 is 0 Å². The third-order valence-electron chi connectivity index (χ3n) is 5.27. The molecule has 0 bridgehead atoms. The smallest absolute Gasteiger partial charge is 0.123 e. The van der Waals surface area contributed by atoms with Crippen LogP contribution in [0.2, 0.25) is 0 Å². The molecule has 2 unspecified atom stereocenters. The molecule has 3 rings (SSSR count). The maximum absolute atomic E-state index is 13.7. The highest BCUT2D eigenvalue weighted by Crippen LogP contribution is 2.47. The third kappa shape index (κ3) is 3.00. The Labute approximate surface area is 127 Å². The minimum absolute atomic E-state index is 0.135. The molecule has 21 heavy (non-hydrogen) atoms. The van der Waals surface area contributed by atoms with Crippen LogP contribution in [0.5, 0.6) is 0 Å². The van der Waals surface area contributed by atoms with Crippen molar-refractivity contribution < 1.29 is 9.13 Å². The second kappa shape index (κ2) is 6.05. The number of ether oxygens (including phenoxy) is 1. The number of halogens is 1. The van der Waals surface area contributed by atoms with Crippen LogP contribution in [0.1, 0.15) is 56.2 Å². The molecule has 0 aromatic heterocycles. The standard InChI is InChI=1S/C18H26FNO/c1-3-20-17(16-11-15(19)6-5-13(16)2)14-7-10-21-18(12-14)8-4-9-18/h5-6,11,14,17,20H,3-4,7-10,12H2,1-2H3. The predicted molar refractivity (Wildman–Crippen MR) is 82.8 cm³/mol. The fourth-order valence-electron chi connectivity index (χ4n) is 3.97. The molecular weight excluding hydrogens is 265 g/mol. The highest BCUT2D eigenvalue weighted by atomic mass is 19.1. The summed E-state index contributed by atoms with van der Waals surface area (Å²) in [5.74, 6) is 0.406. The van der Waals surface area contributed by atoms with Crippen LogP contribution in [0.15, 0.2) is 18.2 Å². The van der Waals surface area contributed by atoms with Gasteiger partial charge in [-0.25, -0.2) is 4.39 Å². The van der Waals surface area contributed by atoms with E-state index in [1.54, 1.807) is 12.1 Å². The average Bonchev–Trinajstić information content (AvgIpc) is 2.46. The molecule has 2 nitrogen and oxygen atoms in total. The Bertz CT molecular complexity index is 498. The quantitative estimate of drug-likeness (QED) is 0.900. The van der Waals surface area contributed by atoms with Crippen LogP contribution < -0.4 is 5.32 Å². The number of aryl methyl sites for hydroxylation is 1. The van der Waals surface area contributed by atoms with Gasteiger partial charge in [0.05, 0.1) is 5.60 Å². The number of hydrogen-bond acceptors (Lipinski definition) is 2. The average molecular weight is 291 g/mol. The summed E-state index contributed by atoms with van der Waals surface area (Å²) in [5.41, 5.74) is 2.44. The van der Waals surface area contributed by atoms with E-state index in [1.165, 1.54) is 24.8 Å². The summed E-state index contributed by atoms with van der Waals surface area (Å²) in [7, 11) is 0. The lowest BCUT2D eigenvalue weighted by atomic mass is 9.69. The topological polar surface area (TPSA) is 21.3 Å². The van der Waals surface area contributed by atoms with E-state index in [-0.39, 0.29) is 17.5 Å². The van der Waals surface area contributed by atoms with E-state index in [9.17, 15) is 4.39 Å². The van der Waals surface area contributed by atoms with Crippen molar-refractivity contribution in [1.29, 1.82) is 0 Å². The normalized spacial score (nSPS) is 25.6. The molecule has 2 aliphatic rings. The highest BCUT2D eigenvalue weighted by molar-refractivity contribution is 5.30. The Balaban J connectivity index is 1.84. The number of benzene rings is 1. The summed E-state index contributed by atoms with van der Waals surface area (Å²) in [6, 6.07) is 5.41. The van der Waals surface area contributed by atoms with Gasteiger partial charge < -0.3 is 10.1 Å². The van der Waals surface area contributed by atoms with Gasteiger partial charge in [0, 0.05) is 12.6 Å². The number of hydrogen-bond donors (Lipinski definition) is 1. The Morgan fingerprint density at radius 3 is 2.90 bits per heavy atom.